The van der Waals surface area contributed by atoms with Crippen LogP contribution in [0.5, 0.6) is 11.5 Å². The first-order valence-corrected chi connectivity index (χ1v) is 8.99. The Labute approximate surface area is 167 Å². The smallest absolute Gasteiger partial charge is 0.222 e. The summed E-state index contributed by atoms with van der Waals surface area (Å²) in [5.74, 6) is 1.45. The van der Waals surface area contributed by atoms with E-state index in [9.17, 15) is 0 Å². The van der Waals surface area contributed by atoms with Gasteiger partial charge in [-0.25, -0.2) is 9.97 Å². The Kier molecular flexibility index (Phi) is 6.38. The van der Waals surface area contributed by atoms with E-state index in [1.54, 1.807) is 30.6 Å². The fourth-order valence-electron chi connectivity index (χ4n) is 2.61. The molecule has 9 heteroatoms. The Morgan fingerprint density at radius 1 is 1.11 bits per heavy atom. The number of nitrogens with two attached hydrogens (primary N) is 1. The predicted molar refractivity (Wildman–Crippen MR) is 107 cm³/mol. The number of benzene rings is 1. The van der Waals surface area contributed by atoms with E-state index in [2.05, 4.69) is 15.3 Å². The van der Waals surface area contributed by atoms with Gasteiger partial charge in [0.05, 0.1) is 49.6 Å². The van der Waals surface area contributed by atoms with Crippen molar-refractivity contribution in [2.45, 2.75) is 12.1 Å². The zero-order valence-electron chi connectivity index (χ0n) is 14.9. The number of hydrogen-bond acceptors (Lipinski definition) is 7. The molecule has 1 aliphatic rings. The molecule has 1 fully saturated rings. The molecule has 0 saturated carbocycles. The first-order chi connectivity index (χ1) is 13.0. The molecule has 144 valence electrons. The lowest BCUT2D eigenvalue weighted by Crippen LogP contribution is -2.39. The summed E-state index contributed by atoms with van der Waals surface area (Å²) in [6.07, 6.45) is 6.95. The monoisotopic (exact) mass is 410 g/mol. The zero-order valence-corrected chi connectivity index (χ0v) is 16.4. The molecule has 2 atom stereocenters. The Bertz CT molecular complexity index is 802. The van der Waals surface area contributed by atoms with Gasteiger partial charge in [0.25, 0.3) is 0 Å². The first kappa shape index (κ1) is 19.7. The maximum Gasteiger partial charge on any atom is 0.222 e. The first-order valence-electron chi connectivity index (χ1n) is 8.23. The second-order valence-corrected chi connectivity index (χ2v) is 6.70. The van der Waals surface area contributed by atoms with E-state index in [0.717, 1.165) is 5.56 Å². The van der Waals surface area contributed by atoms with Gasteiger partial charge >= 0.3 is 0 Å². The molecule has 1 aromatic carbocycles. The van der Waals surface area contributed by atoms with Gasteiger partial charge in [-0.15, -0.1) is 0 Å². The van der Waals surface area contributed by atoms with Gasteiger partial charge in [-0.1, -0.05) is 35.4 Å². The van der Waals surface area contributed by atoms with Crippen molar-refractivity contribution in [2.24, 2.45) is 5.73 Å². The normalized spacial score (nSPS) is 19.4. The third-order valence-electron chi connectivity index (χ3n) is 4.16. The van der Waals surface area contributed by atoms with Gasteiger partial charge in [0.15, 0.2) is 0 Å². The highest BCUT2D eigenvalue weighted by Gasteiger charge is 2.25. The molecule has 27 heavy (non-hydrogen) atoms. The topological polar surface area (TPSA) is 91.5 Å². The molecular formula is C18H20Cl2N4O3. The van der Waals surface area contributed by atoms with Crippen molar-refractivity contribution >= 4 is 41.3 Å². The van der Waals surface area contributed by atoms with Crippen LogP contribution in [0.3, 0.4) is 0 Å². The van der Waals surface area contributed by atoms with Gasteiger partial charge in [-0.05, 0) is 0 Å². The van der Waals surface area contributed by atoms with Crippen molar-refractivity contribution in [3.8, 4) is 11.5 Å². The highest BCUT2D eigenvalue weighted by atomic mass is 35.5. The van der Waals surface area contributed by atoms with Crippen LogP contribution >= 0.6 is 23.2 Å². The molecule has 0 aliphatic carbocycles. The quantitative estimate of drug-likeness (QED) is 0.755. The summed E-state index contributed by atoms with van der Waals surface area (Å²) in [4.78, 5) is 8.60. The lowest BCUT2D eigenvalue weighted by molar-refractivity contribution is 0.192. The Hall–Kier alpha value is -2.06. The fourth-order valence-corrected chi connectivity index (χ4v) is 3.24. The van der Waals surface area contributed by atoms with E-state index in [1.165, 1.54) is 14.2 Å². The molecule has 3 N–H and O–H groups in total. The highest BCUT2D eigenvalue weighted by molar-refractivity contribution is 6.39. The Morgan fingerprint density at radius 2 is 1.74 bits per heavy atom. The van der Waals surface area contributed by atoms with Crippen LogP contribution in [0.1, 0.15) is 11.1 Å². The maximum absolute atomic E-state index is 6.36. The fraction of sp³-hybridized carbons (Fsp3) is 0.333. The van der Waals surface area contributed by atoms with E-state index in [4.69, 9.17) is 43.1 Å². The summed E-state index contributed by atoms with van der Waals surface area (Å²) in [5.41, 5.74) is 7.31. The molecule has 1 aromatic heterocycles. The summed E-state index contributed by atoms with van der Waals surface area (Å²) in [6.45, 7) is 1.07. The molecule has 1 aliphatic heterocycles. The standard InChI is InChI=1S/C18H20Cl2N4O3/c1-25-14-5-15(26-2)17(20)11(16(14)19)4-3-10-6-22-18(23-7-10)24-13-9-27-8-12(13)21/h3-7,12-13H,8-9,21H2,1-2H3,(H,22,23,24)/b4-3+/t12?,13-/m1/s1. The minimum absolute atomic E-state index is 0.00764. The lowest BCUT2D eigenvalue weighted by atomic mass is 10.1. The second kappa shape index (κ2) is 8.75. The average molecular weight is 411 g/mol. The molecule has 7 nitrogen and oxygen atoms in total. The number of ether oxygens (including phenoxy) is 3. The predicted octanol–water partition coefficient (Wildman–Crippen LogP) is 3.11. The van der Waals surface area contributed by atoms with E-state index >= 15 is 0 Å². The van der Waals surface area contributed by atoms with Crippen LogP contribution in [0.4, 0.5) is 5.95 Å². The molecule has 2 heterocycles. The number of hydrogen-bond donors (Lipinski definition) is 2. The van der Waals surface area contributed by atoms with Gasteiger partial charge in [0.2, 0.25) is 5.95 Å². The molecule has 2 aromatic rings. The SMILES string of the molecule is COc1cc(OC)c(Cl)c(/C=C/c2cnc(N[C@@H]3COCC3N)nc2)c1Cl. The molecule has 1 unspecified atom stereocenters. The van der Waals surface area contributed by atoms with Crippen molar-refractivity contribution < 1.29 is 14.2 Å². The second-order valence-electron chi connectivity index (χ2n) is 5.95. The zero-order chi connectivity index (χ0) is 19.4. The van der Waals surface area contributed by atoms with Crippen LogP contribution in [-0.4, -0.2) is 49.5 Å². The van der Waals surface area contributed by atoms with E-state index < -0.39 is 0 Å². The molecule has 0 spiro atoms. The van der Waals surface area contributed by atoms with Crippen molar-refractivity contribution in [3.05, 3.63) is 39.6 Å². The van der Waals surface area contributed by atoms with Gasteiger partial charge in [-0.3, -0.25) is 0 Å². The summed E-state index contributed by atoms with van der Waals surface area (Å²) >= 11 is 12.7. The molecule has 1 saturated heterocycles. The van der Waals surface area contributed by atoms with Crippen LogP contribution < -0.4 is 20.5 Å². The number of methoxy groups -OCH3 is 2. The maximum atomic E-state index is 6.36. The van der Waals surface area contributed by atoms with Crippen molar-refractivity contribution in [1.82, 2.24) is 9.97 Å². The van der Waals surface area contributed by atoms with Crippen LogP contribution in [0.15, 0.2) is 18.5 Å². The summed E-state index contributed by atoms with van der Waals surface area (Å²) in [6, 6.07) is 1.58. The van der Waals surface area contributed by atoms with Gasteiger partial charge in [0.1, 0.15) is 11.5 Å². The third kappa shape index (κ3) is 4.44. The van der Waals surface area contributed by atoms with Crippen LogP contribution in [0, 0.1) is 0 Å². The van der Waals surface area contributed by atoms with E-state index in [0.29, 0.717) is 46.3 Å². The Balaban J connectivity index is 1.78. The van der Waals surface area contributed by atoms with Crippen LogP contribution in [-0.2, 0) is 4.74 Å². The van der Waals surface area contributed by atoms with Gasteiger partial charge in [0, 0.05) is 29.6 Å². The third-order valence-corrected chi connectivity index (χ3v) is 4.94. The van der Waals surface area contributed by atoms with Gasteiger partial charge in [-0.2, -0.15) is 0 Å². The molecule has 0 bridgehead atoms. The molecule has 0 radical (unpaired) electrons. The lowest BCUT2D eigenvalue weighted by Gasteiger charge is -2.14. The van der Waals surface area contributed by atoms with E-state index in [-0.39, 0.29) is 12.1 Å². The summed E-state index contributed by atoms with van der Waals surface area (Å²) < 4.78 is 15.8. The summed E-state index contributed by atoms with van der Waals surface area (Å²) in [5, 5.41) is 3.96. The number of halogens is 2. The van der Waals surface area contributed by atoms with Crippen molar-refractivity contribution in [1.29, 1.82) is 0 Å². The number of nitrogens with zero attached hydrogens (tertiary/aromatic N) is 2. The minimum atomic E-state index is -0.0690. The van der Waals surface area contributed by atoms with Crippen LogP contribution in [0.2, 0.25) is 10.0 Å². The van der Waals surface area contributed by atoms with Crippen LogP contribution in [0.25, 0.3) is 12.2 Å². The average Bonchev–Trinajstić information content (AvgIpc) is 3.08. The summed E-state index contributed by atoms with van der Waals surface area (Å²) in [7, 11) is 3.06. The minimum Gasteiger partial charge on any atom is -0.495 e. The van der Waals surface area contributed by atoms with E-state index in [1.807, 2.05) is 0 Å². The molecule has 0 amide bonds. The van der Waals surface area contributed by atoms with Crippen molar-refractivity contribution in [2.75, 3.05) is 32.8 Å². The number of aromatic nitrogens is 2. The highest BCUT2D eigenvalue weighted by Crippen LogP contribution is 2.41. The van der Waals surface area contributed by atoms with Gasteiger partial charge < -0.3 is 25.3 Å². The molecular weight excluding hydrogens is 391 g/mol. The largest absolute Gasteiger partial charge is 0.495 e. The van der Waals surface area contributed by atoms with Crippen molar-refractivity contribution in [3.63, 3.8) is 0 Å². The Morgan fingerprint density at radius 3 is 2.26 bits per heavy atom. The number of anilines is 1. The number of rotatable bonds is 6. The molecule has 3 rings (SSSR count). The number of nitrogens with one attached hydrogen (secondary N) is 1.